The first-order valence-corrected chi connectivity index (χ1v) is 9.30. The predicted molar refractivity (Wildman–Crippen MR) is 103 cm³/mol. The topological polar surface area (TPSA) is 55.9 Å². The van der Waals surface area contributed by atoms with Crippen molar-refractivity contribution in [2.24, 2.45) is 0 Å². The minimum absolute atomic E-state index is 0.868. The summed E-state index contributed by atoms with van der Waals surface area (Å²) < 4.78 is 7.38. The molecule has 136 valence electrons. The van der Waals surface area contributed by atoms with E-state index in [-0.39, 0.29) is 0 Å². The van der Waals surface area contributed by atoms with E-state index < -0.39 is 0 Å². The van der Waals surface area contributed by atoms with Crippen LogP contribution in [0.4, 0.5) is 5.82 Å². The average molecular weight is 352 g/mol. The van der Waals surface area contributed by atoms with Gasteiger partial charge in [0.05, 0.1) is 32.0 Å². The molecule has 3 heterocycles. The number of morpholine rings is 1. The molecule has 1 fully saturated rings. The number of benzene rings is 1. The number of rotatable bonds is 5. The summed E-state index contributed by atoms with van der Waals surface area (Å²) in [6.07, 6.45) is 0. The summed E-state index contributed by atoms with van der Waals surface area (Å²) in [6.45, 7) is 9.99. The van der Waals surface area contributed by atoms with Crippen molar-refractivity contribution in [2.75, 3.05) is 44.7 Å². The molecule has 0 spiro atoms. The fraction of sp³-hybridized carbons (Fsp3) is 0.400. The molecule has 1 aliphatic heterocycles. The van der Waals surface area contributed by atoms with Crippen LogP contribution in [0.15, 0.2) is 36.4 Å². The Balaban J connectivity index is 1.61. The fourth-order valence-corrected chi connectivity index (χ4v) is 3.59. The maximum absolute atomic E-state index is 5.43. The molecule has 0 amide bonds. The number of nitrogens with one attached hydrogen (secondary N) is 2. The summed E-state index contributed by atoms with van der Waals surface area (Å²) in [5.41, 5.74) is 5.17. The van der Waals surface area contributed by atoms with Crippen molar-refractivity contribution in [3.63, 3.8) is 0 Å². The lowest BCUT2D eigenvalue weighted by molar-refractivity contribution is -0.906. The third-order valence-corrected chi connectivity index (χ3v) is 4.94. The second-order valence-electron chi connectivity index (χ2n) is 6.88. The maximum atomic E-state index is 5.43. The van der Waals surface area contributed by atoms with Crippen molar-refractivity contribution in [3.8, 4) is 11.1 Å². The number of ether oxygens (including phenoxy) is 1. The molecule has 4 rings (SSSR count). The molecule has 6 heteroatoms. The van der Waals surface area contributed by atoms with E-state index in [9.17, 15) is 0 Å². The van der Waals surface area contributed by atoms with Crippen LogP contribution in [-0.4, -0.2) is 54.0 Å². The lowest BCUT2D eigenvalue weighted by Gasteiger charge is -2.23. The molecule has 2 N–H and O–H groups in total. The summed E-state index contributed by atoms with van der Waals surface area (Å²) in [5, 5.41) is 8.33. The van der Waals surface area contributed by atoms with Gasteiger partial charge in [0.2, 0.25) is 0 Å². The van der Waals surface area contributed by atoms with Crippen molar-refractivity contribution >= 4 is 11.5 Å². The quantitative estimate of drug-likeness (QED) is 0.728. The smallest absolute Gasteiger partial charge is 0.165 e. The first-order chi connectivity index (χ1) is 12.7. The molecule has 1 saturated heterocycles. The van der Waals surface area contributed by atoms with Gasteiger partial charge >= 0.3 is 0 Å². The largest absolute Gasteiger partial charge is 0.370 e. The Hall–Kier alpha value is -2.44. The number of aromatic nitrogens is 3. The molecule has 0 unspecified atom stereocenters. The van der Waals surface area contributed by atoms with Gasteiger partial charge in [0.1, 0.15) is 18.9 Å². The van der Waals surface area contributed by atoms with Crippen molar-refractivity contribution in [1.82, 2.24) is 14.6 Å². The highest BCUT2D eigenvalue weighted by Gasteiger charge is 2.17. The molecular weight excluding hydrogens is 326 g/mol. The van der Waals surface area contributed by atoms with Gasteiger partial charge in [-0.2, -0.15) is 9.61 Å². The first kappa shape index (κ1) is 17.0. The van der Waals surface area contributed by atoms with Crippen LogP contribution >= 0.6 is 0 Å². The average Bonchev–Trinajstić information content (AvgIpc) is 2.99. The van der Waals surface area contributed by atoms with E-state index in [1.54, 1.807) is 4.90 Å². The molecule has 1 aliphatic rings. The van der Waals surface area contributed by atoms with Gasteiger partial charge in [-0.3, -0.25) is 0 Å². The Morgan fingerprint density at radius 3 is 2.69 bits per heavy atom. The molecule has 0 atom stereocenters. The Bertz CT molecular complexity index is 884. The van der Waals surface area contributed by atoms with Crippen LogP contribution in [0, 0.1) is 13.8 Å². The Morgan fingerprint density at radius 2 is 1.92 bits per heavy atom. The zero-order valence-corrected chi connectivity index (χ0v) is 15.5. The highest BCUT2D eigenvalue weighted by atomic mass is 16.5. The number of aryl methyl sites for hydroxylation is 2. The molecule has 26 heavy (non-hydrogen) atoms. The molecule has 1 aromatic carbocycles. The monoisotopic (exact) mass is 352 g/mol. The Labute approximate surface area is 153 Å². The van der Waals surface area contributed by atoms with E-state index in [1.807, 2.05) is 24.4 Å². The summed E-state index contributed by atoms with van der Waals surface area (Å²) in [5.74, 6) is 1.01. The van der Waals surface area contributed by atoms with Gasteiger partial charge in [-0.05, 0) is 19.4 Å². The van der Waals surface area contributed by atoms with Gasteiger partial charge in [-0.1, -0.05) is 30.3 Å². The van der Waals surface area contributed by atoms with Crippen molar-refractivity contribution in [3.05, 3.63) is 47.8 Å². The van der Waals surface area contributed by atoms with Crippen LogP contribution in [-0.2, 0) is 4.74 Å². The van der Waals surface area contributed by atoms with Crippen molar-refractivity contribution < 1.29 is 9.64 Å². The van der Waals surface area contributed by atoms with Crippen LogP contribution in [0.3, 0.4) is 0 Å². The molecule has 0 radical (unpaired) electrons. The summed E-state index contributed by atoms with van der Waals surface area (Å²) in [6, 6.07) is 12.4. The van der Waals surface area contributed by atoms with Crippen LogP contribution < -0.4 is 10.2 Å². The number of hydrogen-bond acceptors (Lipinski definition) is 4. The van der Waals surface area contributed by atoms with Crippen molar-refractivity contribution in [2.45, 2.75) is 13.8 Å². The number of nitrogens with zero attached hydrogens (tertiary/aromatic N) is 3. The van der Waals surface area contributed by atoms with E-state index in [2.05, 4.69) is 35.6 Å². The number of quaternary nitrogens is 1. The minimum atomic E-state index is 0.868. The highest BCUT2D eigenvalue weighted by Crippen LogP contribution is 2.28. The van der Waals surface area contributed by atoms with E-state index in [1.165, 1.54) is 0 Å². The first-order valence-electron chi connectivity index (χ1n) is 9.30. The van der Waals surface area contributed by atoms with Crippen molar-refractivity contribution in [1.29, 1.82) is 0 Å². The minimum Gasteiger partial charge on any atom is -0.370 e. The van der Waals surface area contributed by atoms with E-state index in [0.717, 1.165) is 73.4 Å². The standard InChI is InChI=1S/C20H25N5O/c1-15-14-18(21-8-9-24-10-12-26-13-11-24)25-20(22-15)19(16(2)23-25)17-6-4-3-5-7-17/h3-7,14,21H,8-13H2,1-2H3/p+1. The maximum Gasteiger partial charge on any atom is 0.165 e. The van der Waals surface area contributed by atoms with Crippen LogP contribution in [0.25, 0.3) is 16.8 Å². The van der Waals surface area contributed by atoms with Gasteiger partial charge in [0.25, 0.3) is 0 Å². The molecule has 0 aliphatic carbocycles. The number of anilines is 1. The van der Waals surface area contributed by atoms with Gasteiger partial charge in [0.15, 0.2) is 5.65 Å². The van der Waals surface area contributed by atoms with Gasteiger partial charge in [-0.15, -0.1) is 0 Å². The normalized spacial score (nSPS) is 15.5. The third-order valence-electron chi connectivity index (χ3n) is 4.94. The fourth-order valence-electron chi connectivity index (χ4n) is 3.59. The third kappa shape index (κ3) is 3.43. The second-order valence-corrected chi connectivity index (χ2v) is 6.88. The van der Waals surface area contributed by atoms with Crippen LogP contribution in [0.1, 0.15) is 11.4 Å². The summed E-state index contributed by atoms with van der Waals surface area (Å²) in [7, 11) is 0. The van der Waals surface area contributed by atoms with Gasteiger partial charge in [0, 0.05) is 17.3 Å². The number of hydrogen-bond donors (Lipinski definition) is 2. The van der Waals surface area contributed by atoms with E-state index in [0.29, 0.717) is 0 Å². The highest BCUT2D eigenvalue weighted by molar-refractivity contribution is 5.80. The lowest BCUT2D eigenvalue weighted by Crippen LogP contribution is -3.14. The van der Waals surface area contributed by atoms with E-state index >= 15 is 0 Å². The summed E-state index contributed by atoms with van der Waals surface area (Å²) in [4.78, 5) is 6.36. The van der Waals surface area contributed by atoms with Crippen LogP contribution in [0.5, 0.6) is 0 Å². The second kappa shape index (κ2) is 7.43. The molecule has 2 aromatic heterocycles. The molecular formula is C20H26N5O+. The molecule has 3 aromatic rings. The zero-order valence-electron chi connectivity index (χ0n) is 15.5. The molecule has 0 saturated carbocycles. The SMILES string of the molecule is Cc1cc(NCC[NH+]2CCOCC2)n2nc(C)c(-c3ccccc3)c2n1. The van der Waals surface area contributed by atoms with Gasteiger partial charge in [-0.25, -0.2) is 4.98 Å². The molecule has 0 bridgehead atoms. The lowest BCUT2D eigenvalue weighted by atomic mass is 10.1. The molecule has 6 nitrogen and oxygen atoms in total. The summed E-state index contributed by atoms with van der Waals surface area (Å²) >= 11 is 0. The van der Waals surface area contributed by atoms with Gasteiger partial charge < -0.3 is 15.0 Å². The Kier molecular flexibility index (Phi) is 4.86. The zero-order chi connectivity index (χ0) is 17.9. The van der Waals surface area contributed by atoms with Crippen LogP contribution in [0.2, 0.25) is 0 Å². The van der Waals surface area contributed by atoms with E-state index in [4.69, 9.17) is 14.8 Å². The number of fused-ring (bicyclic) bond motifs is 1. The Morgan fingerprint density at radius 1 is 1.15 bits per heavy atom. The predicted octanol–water partition coefficient (Wildman–Crippen LogP) is 1.34.